The average molecular weight is 280 g/mol. The van der Waals surface area contributed by atoms with E-state index in [1.165, 1.54) is 6.92 Å². The zero-order valence-electron chi connectivity index (χ0n) is 12.2. The largest absolute Gasteiger partial charge is 0.466 e. The molecule has 6 heteroatoms. The minimum atomic E-state index is -0.559. The Labute approximate surface area is 118 Å². The fourth-order valence-electron chi connectivity index (χ4n) is 1.42. The Morgan fingerprint density at radius 3 is 2.65 bits per heavy atom. The minimum Gasteiger partial charge on any atom is -0.466 e. The molecule has 110 valence electrons. The number of anilines is 1. The van der Waals surface area contributed by atoms with Gasteiger partial charge in [0.1, 0.15) is 11.4 Å². The van der Waals surface area contributed by atoms with E-state index in [2.05, 4.69) is 10.3 Å². The molecule has 0 bridgehead atoms. The van der Waals surface area contributed by atoms with Crippen molar-refractivity contribution in [2.45, 2.75) is 39.7 Å². The summed E-state index contributed by atoms with van der Waals surface area (Å²) in [4.78, 5) is 26.3. The number of carbonyl (C=O) groups excluding carboxylic acids is 2. The van der Waals surface area contributed by atoms with Gasteiger partial charge < -0.3 is 9.47 Å². The van der Waals surface area contributed by atoms with Crippen LogP contribution in [0.1, 0.15) is 33.3 Å². The van der Waals surface area contributed by atoms with Gasteiger partial charge in [-0.15, -0.1) is 0 Å². The lowest BCUT2D eigenvalue weighted by Crippen LogP contribution is -2.27. The number of amides is 1. The molecule has 20 heavy (non-hydrogen) atoms. The molecule has 1 heterocycles. The first kappa shape index (κ1) is 15.9. The summed E-state index contributed by atoms with van der Waals surface area (Å²) in [6.45, 7) is 7.02. The highest BCUT2D eigenvalue weighted by Crippen LogP contribution is 2.11. The topological polar surface area (TPSA) is 77.5 Å². The van der Waals surface area contributed by atoms with Crippen LogP contribution in [0.5, 0.6) is 0 Å². The number of carbonyl (C=O) groups is 2. The molecule has 1 amide bonds. The number of nitrogens with one attached hydrogen (secondary N) is 1. The van der Waals surface area contributed by atoms with Gasteiger partial charge in [-0.25, -0.2) is 9.78 Å². The molecule has 1 aromatic heterocycles. The van der Waals surface area contributed by atoms with E-state index in [4.69, 9.17) is 9.47 Å². The van der Waals surface area contributed by atoms with Crippen molar-refractivity contribution in [3.8, 4) is 0 Å². The van der Waals surface area contributed by atoms with Gasteiger partial charge in [0.15, 0.2) is 0 Å². The minimum absolute atomic E-state index is 0.297. The lowest BCUT2D eigenvalue weighted by molar-refractivity contribution is -0.140. The molecule has 0 atom stereocenters. The fourth-order valence-corrected chi connectivity index (χ4v) is 1.42. The molecule has 1 N–H and O–H groups in total. The summed E-state index contributed by atoms with van der Waals surface area (Å²) in [7, 11) is 0. The molecule has 0 spiro atoms. The number of ether oxygens (including phenoxy) is 2. The molecular formula is C14H20N2O4. The number of hydrogen-bond donors (Lipinski definition) is 1. The van der Waals surface area contributed by atoms with Gasteiger partial charge in [0, 0.05) is 19.5 Å². The molecule has 0 saturated heterocycles. The van der Waals surface area contributed by atoms with Crippen molar-refractivity contribution in [3.05, 3.63) is 23.9 Å². The number of esters is 1. The van der Waals surface area contributed by atoms with Crippen molar-refractivity contribution < 1.29 is 19.1 Å². The Morgan fingerprint density at radius 2 is 2.05 bits per heavy atom. The lowest BCUT2D eigenvalue weighted by Gasteiger charge is -2.19. The Bertz CT molecular complexity index is 480. The fraction of sp³-hybridized carbons (Fsp3) is 0.500. The van der Waals surface area contributed by atoms with Crippen molar-refractivity contribution in [1.29, 1.82) is 0 Å². The second-order valence-corrected chi connectivity index (χ2v) is 5.27. The van der Waals surface area contributed by atoms with Gasteiger partial charge in [0.2, 0.25) is 0 Å². The molecule has 0 fully saturated rings. The van der Waals surface area contributed by atoms with E-state index in [-0.39, 0.29) is 5.97 Å². The summed E-state index contributed by atoms with van der Waals surface area (Å²) >= 11 is 0. The van der Waals surface area contributed by atoms with Crippen molar-refractivity contribution in [1.82, 2.24) is 4.98 Å². The summed E-state index contributed by atoms with van der Waals surface area (Å²) in [6.07, 6.45) is 1.59. The van der Waals surface area contributed by atoms with Crippen LogP contribution in [0, 0.1) is 0 Å². The monoisotopic (exact) mass is 280 g/mol. The second kappa shape index (κ2) is 6.88. The molecule has 0 aliphatic rings. The first-order chi connectivity index (χ1) is 9.26. The molecular weight excluding hydrogens is 260 g/mol. The quantitative estimate of drug-likeness (QED) is 0.857. The molecule has 1 rings (SSSR count). The molecule has 0 aliphatic heterocycles. The Hall–Kier alpha value is -2.11. The third-order valence-corrected chi connectivity index (χ3v) is 2.15. The van der Waals surface area contributed by atoms with Gasteiger partial charge in [-0.1, -0.05) is 0 Å². The van der Waals surface area contributed by atoms with Crippen LogP contribution in [0.15, 0.2) is 18.3 Å². The second-order valence-electron chi connectivity index (χ2n) is 5.27. The van der Waals surface area contributed by atoms with Crippen molar-refractivity contribution in [2.75, 3.05) is 11.9 Å². The van der Waals surface area contributed by atoms with Crippen molar-refractivity contribution >= 4 is 17.9 Å². The Morgan fingerprint density at radius 1 is 1.35 bits per heavy atom. The van der Waals surface area contributed by atoms with Crippen LogP contribution in [0.3, 0.4) is 0 Å². The molecule has 0 aromatic carbocycles. The standard InChI is InChI=1S/C14H20N2O4/c1-10(17)19-8-6-11-5-7-15-12(9-11)16-13(18)20-14(2,3)4/h5,7,9H,6,8H2,1-4H3,(H,15,16,18). The highest BCUT2D eigenvalue weighted by atomic mass is 16.6. The number of aromatic nitrogens is 1. The summed E-state index contributed by atoms with van der Waals surface area (Å²) < 4.78 is 10.00. The van der Waals surface area contributed by atoms with Gasteiger partial charge in [0.05, 0.1) is 6.61 Å². The van der Waals surface area contributed by atoms with Gasteiger partial charge >= 0.3 is 12.1 Å². The average Bonchev–Trinajstić information content (AvgIpc) is 2.26. The smallest absolute Gasteiger partial charge is 0.413 e. The zero-order chi connectivity index (χ0) is 15.2. The predicted molar refractivity (Wildman–Crippen MR) is 74.4 cm³/mol. The summed E-state index contributed by atoms with van der Waals surface area (Å²) in [6, 6.07) is 3.51. The summed E-state index contributed by atoms with van der Waals surface area (Å²) in [5.74, 6) is 0.0886. The maximum absolute atomic E-state index is 11.6. The van der Waals surface area contributed by atoms with Crippen LogP contribution >= 0.6 is 0 Å². The molecule has 0 saturated carbocycles. The van der Waals surface area contributed by atoms with E-state index in [1.54, 1.807) is 39.1 Å². The van der Waals surface area contributed by atoms with E-state index in [1.807, 2.05) is 0 Å². The highest BCUT2D eigenvalue weighted by molar-refractivity contribution is 5.83. The number of nitrogens with zero attached hydrogens (tertiary/aromatic N) is 1. The van der Waals surface area contributed by atoms with Crippen LogP contribution < -0.4 is 5.32 Å². The van der Waals surface area contributed by atoms with E-state index in [9.17, 15) is 9.59 Å². The Balaban J connectivity index is 2.55. The third-order valence-electron chi connectivity index (χ3n) is 2.15. The van der Waals surface area contributed by atoms with E-state index in [0.29, 0.717) is 18.8 Å². The van der Waals surface area contributed by atoms with Crippen molar-refractivity contribution in [2.24, 2.45) is 0 Å². The van der Waals surface area contributed by atoms with Crippen LogP contribution in [0.4, 0.5) is 10.6 Å². The van der Waals surface area contributed by atoms with E-state index >= 15 is 0 Å². The molecule has 6 nitrogen and oxygen atoms in total. The first-order valence-electron chi connectivity index (χ1n) is 6.34. The first-order valence-corrected chi connectivity index (χ1v) is 6.34. The molecule has 0 aliphatic carbocycles. The lowest BCUT2D eigenvalue weighted by atomic mass is 10.2. The molecule has 0 unspecified atom stereocenters. The van der Waals surface area contributed by atoms with Gasteiger partial charge in [-0.3, -0.25) is 10.1 Å². The molecule has 1 aromatic rings. The predicted octanol–water partition coefficient (Wildman–Crippen LogP) is 2.53. The van der Waals surface area contributed by atoms with Crippen LogP contribution in [0.25, 0.3) is 0 Å². The zero-order valence-corrected chi connectivity index (χ0v) is 12.2. The van der Waals surface area contributed by atoms with Crippen LogP contribution in [-0.2, 0) is 20.7 Å². The normalized spacial score (nSPS) is 10.8. The highest BCUT2D eigenvalue weighted by Gasteiger charge is 2.16. The van der Waals surface area contributed by atoms with Gasteiger partial charge in [0.25, 0.3) is 0 Å². The maximum atomic E-state index is 11.6. The molecule has 0 radical (unpaired) electrons. The number of pyridine rings is 1. The van der Waals surface area contributed by atoms with Crippen LogP contribution in [0.2, 0.25) is 0 Å². The summed E-state index contributed by atoms with van der Waals surface area (Å²) in [5, 5.41) is 2.56. The van der Waals surface area contributed by atoms with E-state index < -0.39 is 11.7 Å². The number of hydrogen-bond acceptors (Lipinski definition) is 5. The Kier molecular flexibility index (Phi) is 5.49. The van der Waals surface area contributed by atoms with Crippen LogP contribution in [-0.4, -0.2) is 29.3 Å². The van der Waals surface area contributed by atoms with Crippen molar-refractivity contribution in [3.63, 3.8) is 0 Å². The van der Waals surface area contributed by atoms with E-state index in [0.717, 1.165) is 5.56 Å². The van der Waals surface area contributed by atoms with Gasteiger partial charge in [-0.2, -0.15) is 0 Å². The van der Waals surface area contributed by atoms with Gasteiger partial charge in [-0.05, 0) is 38.5 Å². The summed E-state index contributed by atoms with van der Waals surface area (Å²) in [5.41, 5.74) is 0.351. The third kappa shape index (κ3) is 6.72. The number of rotatable bonds is 4. The maximum Gasteiger partial charge on any atom is 0.413 e. The SMILES string of the molecule is CC(=O)OCCc1ccnc(NC(=O)OC(C)(C)C)c1.